The third-order valence-corrected chi connectivity index (χ3v) is 4.36. The molecular weight excluding hydrogens is 336 g/mol. The van der Waals surface area contributed by atoms with Gasteiger partial charge in [0.15, 0.2) is 5.65 Å². The summed E-state index contributed by atoms with van der Waals surface area (Å²) in [7, 11) is 0. The molecule has 0 spiro atoms. The summed E-state index contributed by atoms with van der Waals surface area (Å²) in [6, 6.07) is 8.71. The van der Waals surface area contributed by atoms with E-state index in [0.29, 0.717) is 47.8 Å². The van der Waals surface area contributed by atoms with Crippen LogP contribution in [0.15, 0.2) is 47.5 Å². The minimum atomic E-state index is -0.779. The van der Waals surface area contributed by atoms with E-state index in [-0.39, 0.29) is 11.6 Å². The third kappa shape index (κ3) is 2.73. The number of fused-ring (bicyclic) bond motifs is 1. The zero-order valence-corrected chi connectivity index (χ0v) is 13.8. The molecule has 0 saturated carbocycles. The SMILES string of the molecule is O=C(c1ccccn1)N1CCN(c2nc(=O)n(O)c3ncccc23)CC1. The van der Waals surface area contributed by atoms with E-state index in [1.54, 1.807) is 41.4 Å². The Morgan fingerprint density at radius 1 is 1.00 bits per heavy atom. The van der Waals surface area contributed by atoms with Crippen LogP contribution in [-0.4, -0.2) is 61.9 Å². The van der Waals surface area contributed by atoms with Crippen LogP contribution in [0.1, 0.15) is 10.5 Å². The lowest BCUT2D eigenvalue weighted by atomic mass is 10.2. The van der Waals surface area contributed by atoms with Crippen molar-refractivity contribution in [1.82, 2.24) is 24.6 Å². The Bertz CT molecular complexity index is 1010. The van der Waals surface area contributed by atoms with E-state index in [1.807, 2.05) is 4.90 Å². The zero-order chi connectivity index (χ0) is 18.1. The molecule has 0 unspecified atom stereocenters. The predicted molar refractivity (Wildman–Crippen MR) is 93.3 cm³/mol. The molecule has 1 saturated heterocycles. The van der Waals surface area contributed by atoms with Gasteiger partial charge in [-0.3, -0.25) is 9.78 Å². The lowest BCUT2D eigenvalue weighted by Gasteiger charge is -2.35. The van der Waals surface area contributed by atoms with E-state index in [1.165, 1.54) is 6.20 Å². The molecule has 1 aliphatic rings. The molecule has 26 heavy (non-hydrogen) atoms. The Morgan fingerprint density at radius 2 is 1.77 bits per heavy atom. The molecule has 4 heterocycles. The minimum absolute atomic E-state index is 0.115. The maximum Gasteiger partial charge on any atom is 0.384 e. The molecule has 132 valence electrons. The van der Waals surface area contributed by atoms with E-state index < -0.39 is 5.69 Å². The van der Waals surface area contributed by atoms with Gasteiger partial charge in [0, 0.05) is 38.6 Å². The zero-order valence-electron chi connectivity index (χ0n) is 13.8. The molecule has 9 heteroatoms. The fraction of sp³-hybridized carbons (Fsp3) is 0.235. The molecule has 0 radical (unpaired) electrons. The third-order valence-electron chi connectivity index (χ3n) is 4.36. The standard InChI is InChI=1S/C17H16N6O3/c24-16(13-5-1-2-6-18-13)22-10-8-21(9-11-22)15-12-4-3-7-19-14(12)23(26)17(25)20-15/h1-7,26H,8-11H2. The highest BCUT2D eigenvalue weighted by molar-refractivity contribution is 5.92. The Labute approximate surface area is 148 Å². The second-order valence-electron chi connectivity index (χ2n) is 5.90. The Balaban J connectivity index is 1.58. The van der Waals surface area contributed by atoms with E-state index >= 15 is 0 Å². The fourth-order valence-corrected chi connectivity index (χ4v) is 3.04. The molecule has 4 rings (SSSR count). The second-order valence-corrected chi connectivity index (χ2v) is 5.90. The number of piperazine rings is 1. The summed E-state index contributed by atoms with van der Waals surface area (Å²) in [4.78, 5) is 40.2. The highest BCUT2D eigenvalue weighted by Crippen LogP contribution is 2.22. The summed E-state index contributed by atoms with van der Waals surface area (Å²) in [6.45, 7) is 2.01. The molecule has 0 aromatic carbocycles. The summed E-state index contributed by atoms with van der Waals surface area (Å²) in [5.41, 5.74) is -0.204. The number of carbonyl (C=O) groups excluding carboxylic acids is 1. The molecule has 9 nitrogen and oxygen atoms in total. The van der Waals surface area contributed by atoms with Crippen LogP contribution in [0.2, 0.25) is 0 Å². The van der Waals surface area contributed by atoms with E-state index in [0.717, 1.165) is 0 Å². The highest BCUT2D eigenvalue weighted by Gasteiger charge is 2.25. The number of amides is 1. The van der Waals surface area contributed by atoms with Crippen LogP contribution in [0.25, 0.3) is 11.0 Å². The number of hydrogen-bond donors (Lipinski definition) is 1. The molecule has 0 bridgehead atoms. The Morgan fingerprint density at radius 3 is 2.50 bits per heavy atom. The van der Waals surface area contributed by atoms with Gasteiger partial charge in [0.1, 0.15) is 11.5 Å². The van der Waals surface area contributed by atoms with Gasteiger partial charge in [0.05, 0.1) is 5.39 Å². The number of carbonyl (C=O) groups is 1. The van der Waals surface area contributed by atoms with Crippen molar-refractivity contribution in [2.24, 2.45) is 0 Å². The summed E-state index contributed by atoms with van der Waals surface area (Å²) in [5.74, 6) is 0.351. The first-order valence-corrected chi connectivity index (χ1v) is 8.17. The van der Waals surface area contributed by atoms with Crippen LogP contribution in [0.3, 0.4) is 0 Å². The highest BCUT2D eigenvalue weighted by atomic mass is 16.5. The number of rotatable bonds is 2. The van der Waals surface area contributed by atoms with Gasteiger partial charge in [-0.15, -0.1) is 4.73 Å². The summed E-state index contributed by atoms with van der Waals surface area (Å²) in [6.07, 6.45) is 3.10. The molecule has 1 aliphatic heterocycles. The van der Waals surface area contributed by atoms with Gasteiger partial charge in [-0.05, 0) is 24.3 Å². The first-order chi connectivity index (χ1) is 12.6. The van der Waals surface area contributed by atoms with Crippen molar-refractivity contribution in [2.45, 2.75) is 0 Å². The molecule has 0 aliphatic carbocycles. The van der Waals surface area contributed by atoms with Crippen LogP contribution in [0.5, 0.6) is 0 Å². The quantitative estimate of drug-likeness (QED) is 0.665. The van der Waals surface area contributed by atoms with Gasteiger partial charge in [-0.25, -0.2) is 9.78 Å². The smallest absolute Gasteiger partial charge is 0.384 e. The first-order valence-electron chi connectivity index (χ1n) is 8.17. The van der Waals surface area contributed by atoms with Crippen LogP contribution in [0.4, 0.5) is 5.82 Å². The van der Waals surface area contributed by atoms with E-state index in [4.69, 9.17) is 0 Å². The fourth-order valence-electron chi connectivity index (χ4n) is 3.04. The van der Waals surface area contributed by atoms with Crippen molar-refractivity contribution < 1.29 is 10.0 Å². The predicted octanol–water partition coefficient (Wildman–Crippen LogP) is 0.386. The average Bonchev–Trinajstić information content (AvgIpc) is 2.71. The van der Waals surface area contributed by atoms with Crippen LogP contribution < -0.4 is 10.6 Å². The normalized spacial score (nSPS) is 14.6. The largest absolute Gasteiger partial charge is 0.422 e. The second kappa shape index (κ2) is 6.43. The van der Waals surface area contributed by atoms with Crippen molar-refractivity contribution in [3.05, 3.63) is 58.9 Å². The topological polar surface area (TPSA) is 104 Å². The van der Waals surface area contributed by atoms with Crippen molar-refractivity contribution >= 4 is 22.8 Å². The molecular formula is C17H16N6O3. The summed E-state index contributed by atoms with van der Waals surface area (Å²) < 4.78 is 0.444. The minimum Gasteiger partial charge on any atom is -0.422 e. The van der Waals surface area contributed by atoms with Crippen molar-refractivity contribution in [3.8, 4) is 0 Å². The lowest BCUT2D eigenvalue weighted by Crippen LogP contribution is -2.49. The van der Waals surface area contributed by atoms with Crippen molar-refractivity contribution in [1.29, 1.82) is 0 Å². The maximum absolute atomic E-state index is 12.5. The summed E-state index contributed by atoms with van der Waals surface area (Å²) in [5, 5.41) is 10.4. The monoisotopic (exact) mass is 352 g/mol. The van der Waals surface area contributed by atoms with E-state index in [9.17, 15) is 14.8 Å². The van der Waals surface area contributed by atoms with Gasteiger partial charge in [0.2, 0.25) is 0 Å². The average molecular weight is 352 g/mol. The van der Waals surface area contributed by atoms with Gasteiger partial charge in [-0.2, -0.15) is 4.98 Å². The van der Waals surface area contributed by atoms with Gasteiger partial charge < -0.3 is 15.0 Å². The number of nitrogens with zero attached hydrogens (tertiary/aromatic N) is 6. The number of pyridine rings is 2. The van der Waals surface area contributed by atoms with E-state index in [2.05, 4.69) is 15.0 Å². The molecule has 3 aromatic heterocycles. The lowest BCUT2D eigenvalue weighted by molar-refractivity contribution is 0.0740. The van der Waals surface area contributed by atoms with Gasteiger partial charge >= 0.3 is 5.69 Å². The number of hydrogen-bond acceptors (Lipinski definition) is 7. The van der Waals surface area contributed by atoms with Crippen LogP contribution in [-0.2, 0) is 0 Å². The van der Waals surface area contributed by atoms with Crippen LogP contribution >= 0.6 is 0 Å². The Hall–Kier alpha value is -3.49. The van der Waals surface area contributed by atoms with Crippen molar-refractivity contribution in [2.75, 3.05) is 31.1 Å². The number of aromatic nitrogens is 4. The Kier molecular flexibility index (Phi) is 3.96. The number of anilines is 1. The molecule has 1 amide bonds. The van der Waals surface area contributed by atoms with Gasteiger partial charge in [-0.1, -0.05) is 6.07 Å². The van der Waals surface area contributed by atoms with Crippen molar-refractivity contribution in [3.63, 3.8) is 0 Å². The van der Waals surface area contributed by atoms with Crippen LogP contribution in [0, 0.1) is 0 Å². The molecule has 3 aromatic rings. The molecule has 1 fully saturated rings. The molecule has 1 N–H and O–H groups in total. The summed E-state index contributed by atoms with van der Waals surface area (Å²) >= 11 is 0. The maximum atomic E-state index is 12.5. The first kappa shape index (κ1) is 16.0. The molecule has 0 atom stereocenters. The van der Waals surface area contributed by atoms with Gasteiger partial charge in [0.25, 0.3) is 5.91 Å².